The molecule has 0 saturated heterocycles. The van der Waals surface area contributed by atoms with Gasteiger partial charge in [0.05, 0.1) is 12.2 Å². The van der Waals surface area contributed by atoms with Crippen molar-refractivity contribution in [2.24, 2.45) is 0 Å². The van der Waals surface area contributed by atoms with Crippen LogP contribution in [0.5, 0.6) is 0 Å². The molecule has 0 amide bonds. The van der Waals surface area contributed by atoms with Crippen LogP contribution in [0, 0.1) is 0 Å². The lowest BCUT2D eigenvalue weighted by Crippen LogP contribution is -2.41. The summed E-state index contributed by atoms with van der Waals surface area (Å²) < 4.78 is 5.98. The number of hydrogen-bond acceptors (Lipinski definition) is 3. The molecule has 0 fully saturated rings. The van der Waals surface area contributed by atoms with Crippen molar-refractivity contribution >= 4 is 8.32 Å². The molecule has 0 radical (unpaired) electrons. The van der Waals surface area contributed by atoms with Gasteiger partial charge in [0.25, 0.3) is 0 Å². The largest absolute Gasteiger partial charge is 0.417 e. The summed E-state index contributed by atoms with van der Waals surface area (Å²) in [6.07, 6.45) is 1.37. The summed E-state index contributed by atoms with van der Waals surface area (Å²) in [6, 6.07) is 0. The molecule has 0 aliphatic rings. The first-order chi connectivity index (χ1) is 7.02. The Kier molecular flexibility index (Phi) is 5.66. The van der Waals surface area contributed by atoms with Crippen molar-refractivity contribution in [1.82, 2.24) is 0 Å². The lowest BCUT2D eigenvalue weighted by Gasteiger charge is -2.36. The Morgan fingerprint density at radius 3 is 2.00 bits per heavy atom. The molecule has 0 aromatic rings. The van der Waals surface area contributed by atoms with E-state index in [1.165, 1.54) is 0 Å². The topological polar surface area (TPSA) is 49.7 Å². The second-order valence-corrected chi connectivity index (χ2v) is 11.2. The van der Waals surface area contributed by atoms with Crippen LogP contribution in [-0.4, -0.2) is 37.3 Å². The van der Waals surface area contributed by atoms with Gasteiger partial charge in [-0.25, -0.2) is 0 Å². The fourth-order valence-electron chi connectivity index (χ4n) is 1.08. The highest BCUT2D eigenvalue weighted by molar-refractivity contribution is 6.74. The van der Waals surface area contributed by atoms with E-state index in [0.717, 1.165) is 6.42 Å². The highest BCUT2D eigenvalue weighted by Gasteiger charge is 2.36. The van der Waals surface area contributed by atoms with Gasteiger partial charge < -0.3 is 14.6 Å². The molecule has 1 unspecified atom stereocenters. The van der Waals surface area contributed by atoms with Crippen LogP contribution >= 0.6 is 0 Å². The van der Waals surface area contributed by atoms with E-state index in [1.54, 1.807) is 6.92 Å². The molecule has 4 heteroatoms. The molecule has 3 nitrogen and oxygen atoms in total. The molecule has 16 heavy (non-hydrogen) atoms. The molecule has 0 spiro atoms. The molecule has 1 atom stereocenters. The van der Waals surface area contributed by atoms with Crippen LogP contribution in [0.4, 0.5) is 0 Å². The summed E-state index contributed by atoms with van der Waals surface area (Å²) >= 11 is 0. The van der Waals surface area contributed by atoms with Crippen molar-refractivity contribution in [2.45, 2.75) is 64.3 Å². The maximum absolute atomic E-state index is 9.62. The molecule has 0 aromatic carbocycles. The number of aliphatic hydroxyl groups is 2. The fraction of sp³-hybridized carbons (Fsp3) is 1.00. The molecule has 0 aromatic heterocycles. The monoisotopic (exact) mass is 248 g/mol. The summed E-state index contributed by atoms with van der Waals surface area (Å²) in [5.41, 5.74) is -0.962. The minimum Gasteiger partial charge on any atom is -0.417 e. The molecule has 0 saturated carbocycles. The normalized spacial score (nSPS) is 17.2. The molecule has 0 bridgehead atoms. The predicted octanol–water partition coefficient (Wildman–Crippen LogP) is 2.53. The van der Waals surface area contributed by atoms with Gasteiger partial charge in [-0.1, -0.05) is 20.8 Å². The van der Waals surface area contributed by atoms with E-state index in [0.29, 0.717) is 13.0 Å². The van der Waals surface area contributed by atoms with Gasteiger partial charge in [-0.2, -0.15) is 0 Å². The van der Waals surface area contributed by atoms with E-state index in [-0.39, 0.29) is 11.6 Å². The van der Waals surface area contributed by atoms with Crippen LogP contribution in [0.2, 0.25) is 18.1 Å². The number of hydrogen-bond donors (Lipinski definition) is 2. The Hall–Kier alpha value is 0.0969. The molecule has 0 rings (SSSR count). The van der Waals surface area contributed by atoms with Crippen LogP contribution in [-0.2, 0) is 4.43 Å². The Labute approximate surface area is 101 Å². The van der Waals surface area contributed by atoms with Crippen molar-refractivity contribution in [3.05, 3.63) is 0 Å². The van der Waals surface area contributed by atoms with Crippen molar-refractivity contribution in [2.75, 3.05) is 13.2 Å². The van der Waals surface area contributed by atoms with Crippen molar-refractivity contribution in [3.63, 3.8) is 0 Å². The second-order valence-electron chi connectivity index (χ2n) is 6.37. The zero-order valence-electron chi connectivity index (χ0n) is 11.6. The van der Waals surface area contributed by atoms with Crippen LogP contribution in [0.25, 0.3) is 0 Å². The van der Waals surface area contributed by atoms with Crippen molar-refractivity contribution in [1.29, 1.82) is 0 Å². The van der Waals surface area contributed by atoms with Crippen molar-refractivity contribution < 1.29 is 14.6 Å². The zero-order chi connectivity index (χ0) is 13.0. The van der Waals surface area contributed by atoms with E-state index in [4.69, 9.17) is 9.53 Å². The third kappa shape index (κ3) is 5.43. The first kappa shape index (κ1) is 16.1. The summed E-state index contributed by atoms with van der Waals surface area (Å²) in [5.74, 6) is 0. The SMILES string of the molecule is CC(O)(CO)CCCO[Si](C)(C)C(C)(C)C. The van der Waals surface area contributed by atoms with Gasteiger partial charge in [-0.05, 0) is 37.9 Å². The van der Waals surface area contributed by atoms with Gasteiger partial charge in [0.2, 0.25) is 0 Å². The Balaban J connectivity index is 3.92. The lowest BCUT2D eigenvalue weighted by atomic mass is 10.0. The van der Waals surface area contributed by atoms with Crippen LogP contribution in [0.15, 0.2) is 0 Å². The molecular weight excluding hydrogens is 220 g/mol. The molecule has 0 aliphatic carbocycles. The van der Waals surface area contributed by atoms with E-state index in [2.05, 4.69) is 33.9 Å². The third-order valence-electron chi connectivity index (χ3n) is 3.47. The lowest BCUT2D eigenvalue weighted by molar-refractivity contribution is -0.00909. The number of rotatable bonds is 6. The highest BCUT2D eigenvalue weighted by Crippen LogP contribution is 2.36. The Morgan fingerprint density at radius 2 is 1.62 bits per heavy atom. The van der Waals surface area contributed by atoms with Gasteiger partial charge in [0.1, 0.15) is 0 Å². The summed E-state index contributed by atoms with van der Waals surface area (Å²) in [4.78, 5) is 0. The first-order valence-corrected chi connectivity index (χ1v) is 8.90. The quantitative estimate of drug-likeness (QED) is 0.561. The average molecular weight is 248 g/mol. The summed E-state index contributed by atoms with van der Waals surface area (Å²) in [7, 11) is -1.66. The molecule has 0 heterocycles. The van der Waals surface area contributed by atoms with E-state index in [9.17, 15) is 5.11 Å². The minimum absolute atomic E-state index is 0.187. The fourth-order valence-corrected chi connectivity index (χ4v) is 2.16. The highest BCUT2D eigenvalue weighted by atomic mass is 28.4. The predicted molar refractivity (Wildman–Crippen MR) is 70.1 cm³/mol. The van der Waals surface area contributed by atoms with Gasteiger partial charge in [0, 0.05) is 6.61 Å². The maximum Gasteiger partial charge on any atom is 0.191 e. The molecule has 2 N–H and O–H groups in total. The first-order valence-electron chi connectivity index (χ1n) is 5.99. The second kappa shape index (κ2) is 5.62. The van der Waals surface area contributed by atoms with Crippen LogP contribution in [0.1, 0.15) is 40.5 Å². The number of aliphatic hydroxyl groups excluding tert-OH is 1. The third-order valence-corrected chi connectivity index (χ3v) is 8.01. The molecular formula is C12H28O3Si. The molecule has 98 valence electrons. The maximum atomic E-state index is 9.62. The van der Waals surface area contributed by atoms with Gasteiger partial charge >= 0.3 is 0 Å². The summed E-state index contributed by atoms with van der Waals surface area (Å²) in [6.45, 7) is 13.2. The van der Waals surface area contributed by atoms with Crippen LogP contribution in [0.3, 0.4) is 0 Å². The van der Waals surface area contributed by atoms with E-state index >= 15 is 0 Å². The smallest absolute Gasteiger partial charge is 0.191 e. The van der Waals surface area contributed by atoms with E-state index in [1.807, 2.05) is 0 Å². The van der Waals surface area contributed by atoms with E-state index < -0.39 is 13.9 Å². The molecule has 0 aliphatic heterocycles. The van der Waals surface area contributed by atoms with Gasteiger partial charge in [-0.15, -0.1) is 0 Å². The summed E-state index contributed by atoms with van der Waals surface area (Å²) in [5, 5.41) is 18.7. The standard InChI is InChI=1S/C12H28O3Si/c1-11(2,3)16(5,6)15-9-7-8-12(4,14)10-13/h13-14H,7-10H2,1-6H3. The van der Waals surface area contributed by atoms with Gasteiger partial charge in [-0.3, -0.25) is 0 Å². The Bertz CT molecular complexity index is 207. The Morgan fingerprint density at radius 1 is 1.12 bits per heavy atom. The van der Waals surface area contributed by atoms with Gasteiger partial charge in [0.15, 0.2) is 8.32 Å². The minimum atomic E-state index is -1.66. The average Bonchev–Trinajstić information content (AvgIpc) is 2.11. The van der Waals surface area contributed by atoms with Crippen molar-refractivity contribution in [3.8, 4) is 0 Å². The zero-order valence-corrected chi connectivity index (χ0v) is 12.6. The van der Waals surface area contributed by atoms with Crippen LogP contribution < -0.4 is 0 Å².